The van der Waals surface area contributed by atoms with E-state index in [1.54, 1.807) is 0 Å². The Kier molecular flexibility index (Phi) is 6.92. The Morgan fingerprint density at radius 1 is 1.29 bits per heavy atom. The van der Waals surface area contributed by atoms with E-state index in [1.807, 2.05) is 15.6 Å². The van der Waals surface area contributed by atoms with Gasteiger partial charge in [-0.15, -0.1) is 12.4 Å². The molecule has 0 fully saturated rings. The normalized spacial score (nSPS) is 10.9. The summed E-state index contributed by atoms with van der Waals surface area (Å²) in [5, 5.41) is 12.4. The van der Waals surface area contributed by atoms with E-state index in [-0.39, 0.29) is 12.4 Å². The second-order valence-electron chi connectivity index (χ2n) is 5.62. The van der Waals surface area contributed by atoms with Crippen LogP contribution in [-0.4, -0.2) is 19.6 Å². The second kappa shape index (κ2) is 8.20. The van der Waals surface area contributed by atoms with E-state index in [9.17, 15) is 0 Å². The van der Waals surface area contributed by atoms with Gasteiger partial charge in [-0.05, 0) is 31.4 Å². The van der Waals surface area contributed by atoms with Crippen LogP contribution in [0.4, 0.5) is 0 Å². The lowest BCUT2D eigenvalue weighted by molar-refractivity contribution is 0.477. The molecule has 0 aliphatic heterocycles. The standard InChI is InChI=1S/C15H25N5.ClH/c1-5-20-15(13(4)8-17-20)10-16-9-14-6-7-19(18-14)11-12(2)3;/h6-8,12,16H,5,9-11H2,1-4H3;1H. The van der Waals surface area contributed by atoms with Crippen molar-refractivity contribution in [1.29, 1.82) is 0 Å². The number of hydrogen-bond acceptors (Lipinski definition) is 3. The molecular weight excluding hydrogens is 286 g/mol. The van der Waals surface area contributed by atoms with Gasteiger partial charge in [0, 0.05) is 32.4 Å². The van der Waals surface area contributed by atoms with Gasteiger partial charge in [-0.2, -0.15) is 10.2 Å². The monoisotopic (exact) mass is 311 g/mol. The van der Waals surface area contributed by atoms with Gasteiger partial charge in [0.15, 0.2) is 0 Å². The van der Waals surface area contributed by atoms with E-state index in [0.29, 0.717) is 5.92 Å². The zero-order chi connectivity index (χ0) is 14.5. The highest BCUT2D eigenvalue weighted by molar-refractivity contribution is 5.85. The minimum atomic E-state index is 0. The number of hydrogen-bond donors (Lipinski definition) is 1. The van der Waals surface area contributed by atoms with Crippen molar-refractivity contribution in [3.63, 3.8) is 0 Å². The van der Waals surface area contributed by atoms with Gasteiger partial charge in [-0.25, -0.2) is 0 Å². The molecule has 6 heteroatoms. The highest BCUT2D eigenvalue weighted by Crippen LogP contribution is 2.07. The van der Waals surface area contributed by atoms with E-state index in [2.05, 4.69) is 55.5 Å². The molecule has 118 valence electrons. The summed E-state index contributed by atoms with van der Waals surface area (Å²) in [5.74, 6) is 0.622. The lowest BCUT2D eigenvalue weighted by atomic mass is 10.2. The molecule has 0 atom stereocenters. The maximum Gasteiger partial charge on any atom is 0.0762 e. The van der Waals surface area contributed by atoms with Crippen molar-refractivity contribution < 1.29 is 0 Å². The van der Waals surface area contributed by atoms with Crippen molar-refractivity contribution >= 4 is 12.4 Å². The Labute approximate surface area is 133 Å². The van der Waals surface area contributed by atoms with Gasteiger partial charge >= 0.3 is 0 Å². The first-order chi connectivity index (χ1) is 9.60. The maximum atomic E-state index is 4.57. The molecule has 21 heavy (non-hydrogen) atoms. The zero-order valence-corrected chi connectivity index (χ0v) is 14.2. The van der Waals surface area contributed by atoms with Gasteiger partial charge in [0.05, 0.1) is 17.6 Å². The summed E-state index contributed by atoms with van der Waals surface area (Å²) >= 11 is 0. The summed E-state index contributed by atoms with van der Waals surface area (Å²) in [7, 11) is 0. The number of nitrogens with zero attached hydrogens (tertiary/aromatic N) is 4. The van der Waals surface area contributed by atoms with E-state index in [0.717, 1.165) is 31.9 Å². The molecule has 0 radical (unpaired) electrons. The van der Waals surface area contributed by atoms with Crippen molar-refractivity contribution in [2.45, 2.75) is 53.9 Å². The smallest absolute Gasteiger partial charge is 0.0762 e. The molecule has 0 saturated carbocycles. The van der Waals surface area contributed by atoms with Crippen LogP contribution in [0.5, 0.6) is 0 Å². The van der Waals surface area contributed by atoms with Gasteiger partial charge in [-0.3, -0.25) is 9.36 Å². The number of aryl methyl sites for hydroxylation is 2. The van der Waals surface area contributed by atoms with Gasteiger partial charge in [0.25, 0.3) is 0 Å². The topological polar surface area (TPSA) is 47.7 Å². The summed E-state index contributed by atoms with van der Waals surface area (Å²) in [6.45, 7) is 12.1. The van der Waals surface area contributed by atoms with Crippen LogP contribution in [0.25, 0.3) is 0 Å². The highest BCUT2D eigenvalue weighted by Gasteiger charge is 2.06. The average molecular weight is 312 g/mol. The Bertz CT molecular complexity index is 544. The fourth-order valence-corrected chi connectivity index (χ4v) is 2.29. The molecule has 0 aliphatic rings. The van der Waals surface area contributed by atoms with Crippen LogP contribution in [0, 0.1) is 12.8 Å². The van der Waals surface area contributed by atoms with Crippen molar-refractivity contribution in [2.75, 3.05) is 0 Å². The third kappa shape index (κ3) is 4.86. The Morgan fingerprint density at radius 2 is 2.05 bits per heavy atom. The first kappa shape index (κ1) is 17.7. The van der Waals surface area contributed by atoms with E-state index >= 15 is 0 Å². The number of rotatable bonds is 7. The van der Waals surface area contributed by atoms with Crippen LogP contribution in [0.3, 0.4) is 0 Å². The predicted octanol–water partition coefficient (Wildman–Crippen LogP) is 2.78. The molecule has 0 amide bonds. The van der Waals surface area contributed by atoms with Crippen LogP contribution < -0.4 is 5.32 Å². The summed E-state index contributed by atoms with van der Waals surface area (Å²) in [6, 6.07) is 2.08. The lowest BCUT2D eigenvalue weighted by Gasteiger charge is -2.07. The fourth-order valence-electron chi connectivity index (χ4n) is 2.29. The first-order valence-corrected chi connectivity index (χ1v) is 7.34. The maximum absolute atomic E-state index is 4.57. The average Bonchev–Trinajstić information content (AvgIpc) is 2.97. The van der Waals surface area contributed by atoms with Crippen molar-refractivity contribution in [2.24, 2.45) is 5.92 Å². The molecule has 0 bridgehead atoms. The number of halogens is 1. The summed E-state index contributed by atoms with van der Waals surface area (Å²) < 4.78 is 4.06. The Balaban J connectivity index is 0.00000220. The molecular formula is C15H26ClN5. The van der Waals surface area contributed by atoms with Gasteiger partial charge in [-0.1, -0.05) is 13.8 Å². The summed E-state index contributed by atoms with van der Waals surface area (Å²) in [4.78, 5) is 0. The fraction of sp³-hybridized carbons (Fsp3) is 0.600. The minimum absolute atomic E-state index is 0. The Morgan fingerprint density at radius 3 is 2.71 bits per heavy atom. The van der Waals surface area contributed by atoms with Gasteiger partial charge < -0.3 is 5.32 Å². The van der Waals surface area contributed by atoms with Crippen molar-refractivity contribution in [1.82, 2.24) is 24.9 Å². The van der Waals surface area contributed by atoms with Gasteiger partial charge in [0.2, 0.25) is 0 Å². The molecule has 0 aromatic carbocycles. The first-order valence-electron chi connectivity index (χ1n) is 7.34. The molecule has 0 unspecified atom stereocenters. The van der Waals surface area contributed by atoms with Crippen LogP contribution in [0.2, 0.25) is 0 Å². The largest absolute Gasteiger partial charge is 0.305 e. The molecule has 0 aliphatic carbocycles. The number of nitrogens with one attached hydrogen (secondary N) is 1. The van der Waals surface area contributed by atoms with Crippen molar-refractivity contribution in [3.05, 3.63) is 35.4 Å². The van der Waals surface area contributed by atoms with Crippen LogP contribution in [0.1, 0.15) is 37.7 Å². The third-order valence-electron chi connectivity index (χ3n) is 3.30. The quantitative estimate of drug-likeness (QED) is 0.855. The summed E-state index contributed by atoms with van der Waals surface area (Å²) in [6.07, 6.45) is 3.98. The third-order valence-corrected chi connectivity index (χ3v) is 3.30. The molecule has 0 saturated heterocycles. The molecule has 0 spiro atoms. The Hall–Kier alpha value is -1.33. The molecule has 2 aromatic heterocycles. The lowest BCUT2D eigenvalue weighted by Crippen LogP contribution is -2.17. The molecule has 5 nitrogen and oxygen atoms in total. The number of aromatic nitrogens is 4. The summed E-state index contributed by atoms with van der Waals surface area (Å²) in [5.41, 5.74) is 3.59. The minimum Gasteiger partial charge on any atom is -0.305 e. The van der Waals surface area contributed by atoms with Crippen LogP contribution in [0.15, 0.2) is 18.5 Å². The van der Waals surface area contributed by atoms with E-state index in [4.69, 9.17) is 0 Å². The van der Waals surface area contributed by atoms with E-state index in [1.165, 1.54) is 11.3 Å². The highest BCUT2D eigenvalue weighted by atomic mass is 35.5. The van der Waals surface area contributed by atoms with Crippen molar-refractivity contribution in [3.8, 4) is 0 Å². The predicted molar refractivity (Wildman–Crippen MR) is 87.5 cm³/mol. The van der Waals surface area contributed by atoms with E-state index < -0.39 is 0 Å². The van der Waals surface area contributed by atoms with Gasteiger partial charge in [0.1, 0.15) is 0 Å². The molecule has 1 N–H and O–H groups in total. The SMILES string of the molecule is CCn1ncc(C)c1CNCc1ccn(CC(C)C)n1.Cl. The molecule has 2 aromatic rings. The van der Waals surface area contributed by atoms with Crippen LogP contribution in [-0.2, 0) is 26.2 Å². The molecule has 2 rings (SSSR count). The van der Waals surface area contributed by atoms with Crippen LogP contribution >= 0.6 is 12.4 Å². The zero-order valence-electron chi connectivity index (χ0n) is 13.3. The molecule has 2 heterocycles. The second-order valence-corrected chi connectivity index (χ2v) is 5.62.